The molecule has 0 spiro atoms. The van der Waals surface area contributed by atoms with Crippen LogP contribution in [0.5, 0.6) is 5.88 Å². The Labute approximate surface area is 201 Å². The number of thiophene rings is 1. The molecule has 8 heteroatoms. The maximum atomic E-state index is 5.59. The summed E-state index contributed by atoms with van der Waals surface area (Å²) in [7, 11) is 1.63. The van der Waals surface area contributed by atoms with Crippen LogP contribution in [0.25, 0.3) is 27.6 Å². The van der Waals surface area contributed by atoms with E-state index in [1.54, 1.807) is 13.4 Å². The van der Waals surface area contributed by atoms with E-state index in [1.165, 1.54) is 15.3 Å². The van der Waals surface area contributed by atoms with Crippen molar-refractivity contribution in [2.24, 2.45) is 0 Å². The van der Waals surface area contributed by atoms with Crippen LogP contribution in [0.3, 0.4) is 0 Å². The lowest BCUT2D eigenvalue weighted by Gasteiger charge is -2.20. The van der Waals surface area contributed by atoms with E-state index in [0.717, 1.165) is 36.6 Å². The summed E-state index contributed by atoms with van der Waals surface area (Å²) in [5.74, 6) is 2.41. The molecule has 0 aliphatic carbocycles. The molecule has 0 N–H and O–H groups in total. The summed E-state index contributed by atoms with van der Waals surface area (Å²) in [6, 6.07) is 18.9. The van der Waals surface area contributed by atoms with Crippen LogP contribution in [-0.2, 0) is 6.54 Å². The van der Waals surface area contributed by atoms with E-state index in [1.807, 2.05) is 45.8 Å². The van der Waals surface area contributed by atoms with Gasteiger partial charge >= 0.3 is 0 Å². The topological polar surface area (TPSA) is 70.7 Å². The molecule has 0 radical (unpaired) electrons. The molecular formula is C26H24N6OS. The van der Waals surface area contributed by atoms with Gasteiger partial charge in [0.1, 0.15) is 17.2 Å². The quantitative estimate of drug-likeness (QED) is 0.341. The highest BCUT2D eigenvalue weighted by molar-refractivity contribution is 7.15. The maximum absolute atomic E-state index is 5.59. The van der Waals surface area contributed by atoms with Crippen LogP contribution in [0.2, 0.25) is 0 Å². The molecule has 6 rings (SSSR count). The third-order valence-electron chi connectivity index (χ3n) is 6.16. The highest BCUT2D eigenvalue weighted by Crippen LogP contribution is 2.39. The zero-order valence-electron chi connectivity index (χ0n) is 19.0. The van der Waals surface area contributed by atoms with E-state index < -0.39 is 0 Å². The number of benzene rings is 1. The first-order chi connectivity index (χ1) is 16.7. The first-order valence-electron chi connectivity index (χ1n) is 11.4. The Balaban J connectivity index is 1.34. The number of rotatable bonds is 5. The minimum atomic E-state index is 0.243. The van der Waals surface area contributed by atoms with Gasteiger partial charge in [-0.05, 0) is 49.6 Å². The van der Waals surface area contributed by atoms with E-state index in [2.05, 4.69) is 47.4 Å². The van der Waals surface area contributed by atoms with Gasteiger partial charge in [-0.1, -0.05) is 30.3 Å². The smallest absolute Gasteiger partial charge is 0.238 e. The van der Waals surface area contributed by atoms with E-state index in [4.69, 9.17) is 19.8 Å². The Morgan fingerprint density at radius 2 is 1.91 bits per heavy atom. The van der Waals surface area contributed by atoms with Gasteiger partial charge in [-0.2, -0.15) is 0 Å². The van der Waals surface area contributed by atoms with Crippen molar-refractivity contribution in [2.75, 3.05) is 7.11 Å². The van der Waals surface area contributed by atoms with Crippen LogP contribution < -0.4 is 4.74 Å². The molecule has 34 heavy (non-hydrogen) atoms. The van der Waals surface area contributed by atoms with Crippen LogP contribution in [0, 0.1) is 6.92 Å². The van der Waals surface area contributed by atoms with Crippen molar-refractivity contribution in [1.29, 1.82) is 0 Å². The first-order valence-corrected chi connectivity index (χ1v) is 12.2. The van der Waals surface area contributed by atoms with Crippen LogP contribution in [0.15, 0.2) is 67.1 Å². The fraction of sp³-hybridized carbons (Fsp3) is 0.231. The highest BCUT2D eigenvalue weighted by Gasteiger charge is 2.28. The minimum Gasteiger partial charge on any atom is -0.479 e. The third-order valence-corrected chi connectivity index (χ3v) is 7.40. The van der Waals surface area contributed by atoms with Gasteiger partial charge in [0.25, 0.3) is 0 Å². The summed E-state index contributed by atoms with van der Waals surface area (Å²) >= 11 is 1.84. The molecule has 1 aliphatic heterocycles. The molecule has 1 aromatic carbocycles. The number of hydrogen-bond acceptors (Lipinski definition) is 6. The number of ether oxygens (including phenoxy) is 1. The normalized spacial score (nSPS) is 15.3. The highest BCUT2D eigenvalue weighted by atomic mass is 32.1. The number of nitrogens with zero attached hydrogens (tertiary/aromatic N) is 6. The zero-order valence-corrected chi connectivity index (χ0v) is 19.9. The second-order valence-electron chi connectivity index (χ2n) is 8.43. The molecule has 170 valence electrons. The largest absolute Gasteiger partial charge is 0.479 e. The summed E-state index contributed by atoms with van der Waals surface area (Å²) < 4.78 is 9.55. The van der Waals surface area contributed by atoms with Gasteiger partial charge in [-0.25, -0.2) is 19.6 Å². The van der Waals surface area contributed by atoms with Crippen LogP contribution in [0.1, 0.15) is 35.2 Å². The Bertz CT molecular complexity index is 1450. The summed E-state index contributed by atoms with van der Waals surface area (Å²) in [5.41, 5.74) is 3.72. The van der Waals surface area contributed by atoms with Crippen molar-refractivity contribution in [2.45, 2.75) is 32.2 Å². The standard InChI is InChI=1S/C26H24N6OS/c1-17-15-31(16-27-17)21-11-10-20(28-26(21)33-2)24-29-25-19(9-6-14-32(25)30-24)23-13-12-22(34-23)18-7-4-3-5-8-18/h3-5,7-8,10-13,15-16,19H,6,9,14H2,1-2H3/t19-/m1/s1. The molecule has 5 aromatic rings. The van der Waals surface area contributed by atoms with Crippen molar-refractivity contribution in [3.05, 3.63) is 83.5 Å². The number of aromatic nitrogens is 6. The van der Waals surface area contributed by atoms with Crippen molar-refractivity contribution in [3.8, 4) is 33.5 Å². The number of methoxy groups -OCH3 is 1. The van der Waals surface area contributed by atoms with E-state index in [-0.39, 0.29) is 5.92 Å². The number of fused-ring (bicyclic) bond motifs is 1. The van der Waals surface area contributed by atoms with Gasteiger partial charge in [0.2, 0.25) is 5.88 Å². The number of hydrogen-bond donors (Lipinski definition) is 0. The van der Waals surface area contributed by atoms with E-state index in [9.17, 15) is 0 Å². The lowest BCUT2D eigenvalue weighted by atomic mass is 9.97. The average molecular weight is 469 g/mol. The molecule has 0 unspecified atom stereocenters. The Hall–Kier alpha value is -3.78. The fourth-order valence-electron chi connectivity index (χ4n) is 4.48. The van der Waals surface area contributed by atoms with Gasteiger partial charge in [0.05, 0.1) is 25.0 Å². The first kappa shape index (κ1) is 20.8. The SMILES string of the molecule is COc1nc(-c2nc3n(n2)CCC[C@@H]3c2ccc(-c3ccccc3)s2)ccc1-n1cnc(C)c1. The second kappa shape index (κ2) is 8.53. The van der Waals surface area contributed by atoms with Crippen LogP contribution in [-0.4, -0.2) is 36.4 Å². The summed E-state index contributed by atoms with van der Waals surface area (Å²) in [4.78, 5) is 16.6. The van der Waals surface area contributed by atoms with Gasteiger partial charge in [-0.15, -0.1) is 16.4 Å². The van der Waals surface area contributed by atoms with Crippen molar-refractivity contribution in [3.63, 3.8) is 0 Å². The van der Waals surface area contributed by atoms with Gasteiger partial charge in [0, 0.05) is 22.5 Å². The van der Waals surface area contributed by atoms with Gasteiger partial charge < -0.3 is 9.30 Å². The molecule has 5 heterocycles. The number of aryl methyl sites for hydroxylation is 2. The molecule has 0 bridgehead atoms. The summed E-state index contributed by atoms with van der Waals surface area (Å²) in [6.45, 7) is 2.83. The molecule has 1 atom stereocenters. The lowest BCUT2D eigenvalue weighted by molar-refractivity contribution is 0.396. The summed E-state index contributed by atoms with van der Waals surface area (Å²) in [6.07, 6.45) is 5.86. The average Bonchev–Trinajstić information content (AvgIpc) is 3.63. The minimum absolute atomic E-state index is 0.243. The van der Waals surface area contributed by atoms with Crippen molar-refractivity contribution < 1.29 is 4.74 Å². The molecule has 0 amide bonds. The van der Waals surface area contributed by atoms with E-state index >= 15 is 0 Å². The van der Waals surface area contributed by atoms with Gasteiger partial charge in [0.15, 0.2) is 5.82 Å². The number of imidazole rings is 1. The van der Waals surface area contributed by atoms with E-state index in [0.29, 0.717) is 17.4 Å². The molecule has 1 aliphatic rings. The van der Waals surface area contributed by atoms with Crippen molar-refractivity contribution in [1.82, 2.24) is 29.3 Å². The second-order valence-corrected chi connectivity index (χ2v) is 9.54. The van der Waals surface area contributed by atoms with Gasteiger partial charge in [-0.3, -0.25) is 0 Å². The number of pyridine rings is 1. The predicted molar refractivity (Wildman–Crippen MR) is 132 cm³/mol. The fourth-order valence-corrected chi connectivity index (χ4v) is 5.63. The monoisotopic (exact) mass is 468 g/mol. The van der Waals surface area contributed by atoms with Crippen LogP contribution in [0.4, 0.5) is 0 Å². The molecule has 0 saturated carbocycles. The third kappa shape index (κ3) is 3.70. The predicted octanol–water partition coefficient (Wildman–Crippen LogP) is 5.50. The summed E-state index contributed by atoms with van der Waals surface area (Å²) in [5, 5.41) is 4.82. The molecular weight excluding hydrogens is 444 g/mol. The molecule has 0 saturated heterocycles. The molecule has 4 aromatic heterocycles. The Kier molecular flexibility index (Phi) is 5.22. The molecule has 7 nitrogen and oxygen atoms in total. The molecule has 0 fully saturated rings. The van der Waals surface area contributed by atoms with Crippen LogP contribution >= 0.6 is 11.3 Å². The lowest BCUT2D eigenvalue weighted by Crippen LogP contribution is -2.17. The van der Waals surface area contributed by atoms with Crippen molar-refractivity contribution >= 4 is 11.3 Å². The Morgan fingerprint density at radius 1 is 1.03 bits per heavy atom. The zero-order chi connectivity index (χ0) is 23.1. The maximum Gasteiger partial charge on any atom is 0.238 e. The Morgan fingerprint density at radius 3 is 2.71 bits per heavy atom.